The van der Waals surface area contributed by atoms with Gasteiger partial charge in [0.2, 0.25) is 15.9 Å². The van der Waals surface area contributed by atoms with Crippen molar-refractivity contribution in [2.75, 3.05) is 52.1 Å². The van der Waals surface area contributed by atoms with Crippen molar-refractivity contribution in [3.8, 4) is 0 Å². The molecule has 0 bridgehead atoms. The fourth-order valence-corrected chi connectivity index (χ4v) is 5.32. The first kappa shape index (κ1) is 21.1. The molecular formula is C16H29N3O6S. The Hall–Kier alpha value is -1.23. The van der Waals surface area contributed by atoms with Gasteiger partial charge >= 0.3 is 5.97 Å². The van der Waals surface area contributed by atoms with Crippen LogP contribution in [0.4, 0.5) is 0 Å². The molecule has 2 unspecified atom stereocenters. The van der Waals surface area contributed by atoms with Gasteiger partial charge < -0.3 is 14.7 Å². The number of likely N-dealkylation sites (N-methyl/N-ethyl adjacent to an activating group) is 1. The van der Waals surface area contributed by atoms with E-state index in [2.05, 4.69) is 0 Å². The minimum atomic E-state index is -3.41. The molecule has 1 amide bonds. The van der Waals surface area contributed by atoms with Crippen molar-refractivity contribution in [1.29, 1.82) is 0 Å². The van der Waals surface area contributed by atoms with E-state index in [0.29, 0.717) is 52.0 Å². The van der Waals surface area contributed by atoms with Crippen molar-refractivity contribution in [3.05, 3.63) is 0 Å². The number of carbonyl (C=O) groups is 2. The molecule has 0 spiro atoms. The largest absolute Gasteiger partial charge is 0.480 e. The highest BCUT2D eigenvalue weighted by atomic mass is 32.2. The van der Waals surface area contributed by atoms with E-state index in [1.165, 1.54) is 4.31 Å². The SMILES string of the molecule is CCCS(=O)(=O)N1CCCC1C(=O)N1CCOC(CN(C)CC(=O)O)C1. The number of aliphatic carboxylic acids is 1. The molecule has 2 aliphatic rings. The summed E-state index contributed by atoms with van der Waals surface area (Å²) in [4.78, 5) is 27.0. The van der Waals surface area contributed by atoms with Crippen LogP contribution in [-0.4, -0.2) is 104 Å². The Morgan fingerprint density at radius 2 is 2.04 bits per heavy atom. The summed E-state index contributed by atoms with van der Waals surface area (Å²) in [5.74, 6) is -1.03. The van der Waals surface area contributed by atoms with E-state index in [1.54, 1.807) is 16.8 Å². The number of carboxylic acid groups (broad SMARTS) is 1. The summed E-state index contributed by atoms with van der Waals surface area (Å²) in [5, 5.41) is 8.84. The molecule has 0 aliphatic carbocycles. The van der Waals surface area contributed by atoms with Gasteiger partial charge in [-0.05, 0) is 26.3 Å². The Balaban J connectivity index is 1.98. The van der Waals surface area contributed by atoms with Crippen LogP contribution < -0.4 is 0 Å². The highest BCUT2D eigenvalue weighted by molar-refractivity contribution is 7.89. The zero-order valence-electron chi connectivity index (χ0n) is 15.5. The number of sulfonamides is 1. The average molecular weight is 391 g/mol. The second-order valence-corrected chi connectivity index (χ2v) is 8.99. The third kappa shape index (κ3) is 5.38. The van der Waals surface area contributed by atoms with E-state index in [9.17, 15) is 18.0 Å². The number of ether oxygens (including phenoxy) is 1. The normalized spacial score (nSPS) is 25.0. The lowest BCUT2D eigenvalue weighted by Gasteiger charge is -2.37. The van der Waals surface area contributed by atoms with Crippen LogP contribution in [0.3, 0.4) is 0 Å². The standard InChI is InChI=1S/C16H29N3O6S/c1-3-9-26(23,24)19-6-4-5-14(19)16(22)18-7-8-25-13(11-18)10-17(2)12-15(20)21/h13-14H,3-12H2,1-2H3,(H,20,21). The molecule has 2 heterocycles. The number of carboxylic acids is 1. The number of amides is 1. The molecule has 26 heavy (non-hydrogen) atoms. The number of morpholine rings is 1. The molecule has 10 heteroatoms. The first-order valence-electron chi connectivity index (χ1n) is 9.05. The molecule has 2 fully saturated rings. The van der Waals surface area contributed by atoms with Crippen LogP contribution in [0.5, 0.6) is 0 Å². The third-order valence-corrected chi connectivity index (χ3v) is 6.75. The van der Waals surface area contributed by atoms with Gasteiger partial charge in [-0.3, -0.25) is 14.5 Å². The van der Waals surface area contributed by atoms with Crippen molar-refractivity contribution in [2.45, 2.75) is 38.3 Å². The molecule has 2 aliphatic heterocycles. The Morgan fingerprint density at radius 3 is 2.69 bits per heavy atom. The fraction of sp³-hybridized carbons (Fsp3) is 0.875. The predicted octanol–water partition coefficient (Wildman–Crippen LogP) is -0.566. The number of hydrogen-bond acceptors (Lipinski definition) is 6. The topological polar surface area (TPSA) is 107 Å². The number of rotatable bonds is 8. The maximum Gasteiger partial charge on any atom is 0.317 e. The maximum absolute atomic E-state index is 12.9. The zero-order valence-corrected chi connectivity index (χ0v) is 16.3. The Bertz CT molecular complexity index is 611. The van der Waals surface area contributed by atoms with E-state index >= 15 is 0 Å². The van der Waals surface area contributed by atoms with Crippen LogP contribution >= 0.6 is 0 Å². The predicted molar refractivity (Wildman–Crippen MR) is 95.3 cm³/mol. The van der Waals surface area contributed by atoms with Gasteiger partial charge in [0.25, 0.3) is 0 Å². The molecule has 1 N–H and O–H groups in total. The summed E-state index contributed by atoms with van der Waals surface area (Å²) in [6.07, 6.45) is 1.48. The second kappa shape index (κ2) is 9.12. The molecule has 0 aromatic carbocycles. The van der Waals surface area contributed by atoms with Crippen LogP contribution in [0.2, 0.25) is 0 Å². The van der Waals surface area contributed by atoms with Crippen molar-refractivity contribution >= 4 is 21.9 Å². The Kier molecular flexibility index (Phi) is 7.39. The van der Waals surface area contributed by atoms with Crippen LogP contribution in [0.15, 0.2) is 0 Å². The second-order valence-electron chi connectivity index (χ2n) is 6.95. The molecule has 0 saturated carbocycles. The van der Waals surface area contributed by atoms with E-state index in [0.717, 1.165) is 0 Å². The van der Waals surface area contributed by atoms with Gasteiger partial charge in [-0.15, -0.1) is 0 Å². The molecule has 0 radical (unpaired) electrons. The van der Waals surface area contributed by atoms with Crippen molar-refractivity contribution in [2.24, 2.45) is 0 Å². The summed E-state index contributed by atoms with van der Waals surface area (Å²) < 4.78 is 31.8. The quantitative estimate of drug-likeness (QED) is 0.591. The van der Waals surface area contributed by atoms with E-state index < -0.39 is 22.0 Å². The molecule has 150 valence electrons. The van der Waals surface area contributed by atoms with Gasteiger partial charge in [-0.1, -0.05) is 6.92 Å². The summed E-state index contributed by atoms with van der Waals surface area (Å²) in [6.45, 7) is 3.65. The fourth-order valence-electron chi connectivity index (χ4n) is 3.58. The smallest absolute Gasteiger partial charge is 0.317 e. The first-order chi connectivity index (χ1) is 12.2. The van der Waals surface area contributed by atoms with Crippen LogP contribution in [0.1, 0.15) is 26.2 Å². The summed E-state index contributed by atoms with van der Waals surface area (Å²) in [6, 6.07) is -0.623. The molecule has 9 nitrogen and oxygen atoms in total. The van der Waals surface area contributed by atoms with E-state index in [-0.39, 0.29) is 24.3 Å². The van der Waals surface area contributed by atoms with Crippen molar-refractivity contribution < 1.29 is 27.9 Å². The summed E-state index contributed by atoms with van der Waals surface area (Å²) >= 11 is 0. The first-order valence-corrected chi connectivity index (χ1v) is 10.7. The minimum absolute atomic E-state index is 0.0580. The van der Waals surface area contributed by atoms with Crippen LogP contribution in [-0.2, 0) is 24.3 Å². The van der Waals surface area contributed by atoms with E-state index in [1.807, 2.05) is 6.92 Å². The highest BCUT2D eigenvalue weighted by Crippen LogP contribution is 2.24. The Labute approximate surface area is 154 Å². The van der Waals surface area contributed by atoms with Crippen molar-refractivity contribution in [3.63, 3.8) is 0 Å². The number of carbonyl (C=O) groups excluding carboxylic acids is 1. The van der Waals surface area contributed by atoms with Gasteiger partial charge in [0.05, 0.1) is 25.0 Å². The van der Waals surface area contributed by atoms with Gasteiger partial charge in [0, 0.05) is 26.2 Å². The maximum atomic E-state index is 12.9. The third-order valence-electron chi connectivity index (χ3n) is 4.68. The molecule has 0 aromatic heterocycles. The molecule has 0 aromatic rings. The minimum Gasteiger partial charge on any atom is -0.480 e. The average Bonchev–Trinajstić information content (AvgIpc) is 3.04. The van der Waals surface area contributed by atoms with Gasteiger partial charge in [-0.25, -0.2) is 8.42 Å². The number of hydrogen-bond donors (Lipinski definition) is 1. The summed E-state index contributed by atoms with van der Waals surface area (Å²) in [7, 11) is -1.72. The zero-order chi connectivity index (χ0) is 19.3. The van der Waals surface area contributed by atoms with Gasteiger partial charge in [-0.2, -0.15) is 4.31 Å². The molecule has 2 saturated heterocycles. The lowest BCUT2D eigenvalue weighted by Crippen LogP contribution is -2.55. The molecule has 2 atom stereocenters. The van der Waals surface area contributed by atoms with Crippen LogP contribution in [0.25, 0.3) is 0 Å². The summed E-state index contributed by atoms with van der Waals surface area (Å²) in [5.41, 5.74) is 0. The highest BCUT2D eigenvalue weighted by Gasteiger charge is 2.41. The monoisotopic (exact) mass is 391 g/mol. The number of nitrogens with zero attached hydrogens (tertiary/aromatic N) is 3. The van der Waals surface area contributed by atoms with Gasteiger partial charge in [0.15, 0.2) is 0 Å². The lowest BCUT2D eigenvalue weighted by atomic mass is 10.1. The Morgan fingerprint density at radius 1 is 1.31 bits per heavy atom. The van der Waals surface area contributed by atoms with Gasteiger partial charge in [0.1, 0.15) is 6.04 Å². The van der Waals surface area contributed by atoms with Crippen LogP contribution in [0, 0.1) is 0 Å². The molecular weight excluding hydrogens is 362 g/mol. The lowest BCUT2D eigenvalue weighted by molar-refractivity contribution is -0.144. The van der Waals surface area contributed by atoms with Crippen molar-refractivity contribution in [1.82, 2.24) is 14.1 Å². The van der Waals surface area contributed by atoms with E-state index in [4.69, 9.17) is 9.84 Å². The molecule has 2 rings (SSSR count).